The summed E-state index contributed by atoms with van der Waals surface area (Å²) in [5, 5.41) is 13.6. The van der Waals surface area contributed by atoms with Crippen LogP contribution in [0.1, 0.15) is 145 Å². The first-order valence-corrected chi connectivity index (χ1v) is 20.7. The molecule has 5 nitrogen and oxygen atoms in total. The largest absolute Gasteiger partial charge is 0.481 e. The Labute approximate surface area is 302 Å². The molecule has 1 aliphatic heterocycles. The summed E-state index contributed by atoms with van der Waals surface area (Å²) < 4.78 is 19.6. The van der Waals surface area contributed by atoms with Crippen molar-refractivity contribution in [1.29, 1.82) is 0 Å². The van der Waals surface area contributed by atoms with Gasteiger partial charge in [-0.1, -0.05) is 60.6 Å². The normalized spacial score (nSPS) is 45.7. The van der Waals surface area contributed by atoms with Crippen molar-refractivity contribution in [2.24, 2.45) is 68.5 Å². The molecule has 6 heteroatoms. The van der Waals surface area contributed by atoms with Crippen LogP contribution in [0.4, 0.5) is 4.39 Å². The van der Waals surface area contributed by atoms with Gasteiger partial charge in [0.25, 0.3) is 0 Å². The predicted octanol–water partition coefficient (Wildman–Crippen LogP) is 10.1. The van der Waals surface area contributed by atoms with Gasteiger partial charge in [-0.2, -0.15) is 0 Å². The summed E-state index contributed by atoms with van der Waals surface area (Å²) >= 11 is 0. The van der Waals surface area contributed by atoms with Crippen molar-refractivity contribution in [3.63, 3.8) is 0 Å². The predicted molar refractivity (Wildman–Crippen MR) is 197 cm³/mol. The second-order valence-corrected chi connectivity index (χ2v) is 20.3. The van der Waals surface area contributed by atoms with Gasteiger partial charge in [-0.3, -0.25) is 9.59 Å². The Bertz CT molecular complexity index is 1410. The number of carbonyl (C=O) groups is 2. The number of amides is 1. The minimum Gasteiger partial charge on any atom is -0.481 e. The van der Waals surface area contributed by atoms with E-state index in [1.165, 1.54) is 49.7 Å². The number of allylic oxidation sites excluding steroid dienone is 4. The van der Waals surface area contributed by atoms with E-state index in [2.05, 4.69) is 65.9 Å². The topological polar surface area (TPSA) is 75.6 Å². The summed E-state index contributed by atoms with van der Waals surface area (Å²) in [6.07, 6.45) is 19.4. The first kappa shape index (κ1) is 36.7. The Morgan fingerprint density at radius 3 is 2.26 bits per heavy atom. The number of alkyl halides is 1. The molecule has 4 saturated carbocycles. The molecule has 7 rings (SSSR count). The molecule has 280 valence electrons. The van der Waals surface area contributed by atoms with Gasteiger partial charge in [0.2, 0.25) is 5.91 Å². The van der Waals surface area contributed by atoms with E-state index in [9.17, 15) is 19.1 Å². The standard InChI is InChI=1S/C44H68FNO4/c1-28(2)31-12-21-44(46-36(47)26-29-15-24-50-25-16-29)23-22-41(6)33(37(31)44)8-9-35-40(5)17-13-32(39(3,4)34(40)14-18-42(35,41)7)30-10-19-43(27-45,20-11-30)38(48)49/h10,13,28-29,31,33-35,37H,8-9,11-12,14-27H2,1-7H3,(H,46,47)(H,48,49)/t31-,33+,34-,35+,37+,40-,41+,42+,43-,44-/m0/s1. The number of nitrogens with one attached hydrogen (secondary N) is 1. The van der Waals surface area contributed by atoms with Crippen molar-refractivity contribution in [1.82, 2.24) is 5.32 Å². The highest BCUT2D eigenvalue weighted by atomic mass is 19.1. The van der Waals surface area contributed by atoms with Crippen LogP contribution in [-0.2, 0) is 14.3 Å². The molecule has 0 aromatic carbocycles. The van der Waals surface area contributed by atoms with Crippen molar-refractivity contribution < 1.29 is 23.8 Å². The van der Waals surface area contributed by atoms with E-state index >= 15 is 0 Å². The zero-order valence-corrected chi connectivity index (χ0v) is 32.5. The number of halogens is 1. The third-order valence-electron chi connectivity index (χ3n) is 17.8. The average Bonchev–Trinajstić information content (AvgIpc) is 3.45. The van der Waals surface area contributed by atoms with E-state index in [0.29, 0.717) is 73.0 Å². The monoisotopic (exact) mass is 694 g/mol. The van der Waals surface area contributed by atoms with Gasteiger partial charge in [-0.05, 0) is 164 Å². The molecule has 1 saturated heterocycles. The van der Waals surface area contributed by atoms with Crippen molar-refractivity contribution in [2.45, 2.75) is 150 Å². The number of carbonyl (C=O) groups excluding carboxylic acids is 1. The molecular weight excluding hydrogens is 625 g/mol. The van der Waals surface area contributed by atoms with Gasteiger partial charge >= 0.3 is 5.97 Å². The van der Waals surface area contributed by atoms with Crippen LogP contribution in [0.2, 0.25) is 0 Å². The molecule has 1 amide bonds. The van der Waals surface area contributed by atoms with E-state index < -0.39 is 18.1 Å². The van der Waals surface area contributed by atoms with E-state index in [4.69, 9.17) is 4.74 Å². The lowest BCUT2D eigenvalue weighted by molar-refractivity contribution is -0.223. The zero-order valence-electron chi connectivity index (χ0n) is 32.5. The van der Waals surface area contributed by atoms with E-state index in [0.717, 1.165) is 45.3 Å². The van der Waals surface area contributed by atoms with Crippen LogP contribution in [0.3, 0.4) is 0 Å². The fourth-order valence-corrected chi connectivity index (χ4v) is 14.8. The fourth-order valence-electron chi connectivity index (χ4n) is 14.8. The number of ether oxygens (including phenoxy) is 1. The van der Waals surface area contributed by atoms with Crippen LogP contribution in [-0.4, -0.2) is 42.4 Å². The summed E-state index contributed by atoms with van der Waals surface area (Å²) in [6, 6.07) is 0. The Morgan fingerprint density at radius 2 is 1.62 bits per heavy atom. The lowest BCUT2D eigenvalue weighted by Crippen LogP contribution is -2.68. The van der Waals surface area contributed by atoms with Crippen LogP contribution in [0.5, 0.6) is 0 Å². The van der Waals surface area contributed by atoms with E-state index in [1.54, 1.807) is 0 Å². The SMILES string of the molecule is CC(C)[C@@H]1CC[C@]2(NC(=O)CC3CCOCC3)CC[C@]3(C)[C@H](CC[C@@H]4[C@@]5(C)CC=C(C6=CC[C@](CF)(C(=O)O)CC6)C(C)(C)[C@@H]5CC[C@]43C)[C@@H]12. The summed E-state index contributed by atoms with van der Waals surface area (Å²) in [5.74, 6) is 3.43. The van der Waals surface area contributed by atoms with Crippen LogP contribution >= 0.6 is 0 Å². The number of carboxylic acid groups (broad SMARTS) is 1. The molecule has 50 heavy (non-hydrogen) atoms. The highest BCUT2D eigenvalue weighted by molar-refractivity contribution is 5.77. The molecule has 1 heterocycles. The molecule has 0 aromatic heterocycles. The molecule has 0 radical (unpaired) electrons. The van der Waals surface area contributed by atoms with Crippen LogP contribution < -0.4 is 5.32 Å². The first-order chi connectivity index (χ1) is 23.6. The zero-order chi connectivity index (χ0) is 35.9. The van der Waals surface area contributed by atoms with Crippen molar-refractivity contribution >= 4 is 11.9 Å². The maximum atomic E-state index is 14.0. The summed E-state index contributed by atoms with van der Waals surface area (Å²) in [4.78, 5) is 25.8. The van der Waals surface area contributed by atoms with Gasteiger partial charge in [0, 0.05) is 25.2 Å². The second kappa shape index (κ2) is 12.7. The number of hydrogen-bond donors (Lipinski definition) is 2. The van der Waals surface area contributed by atoms with Gasteiger partial charge in [-0.25, -0.2) is 4.39 Å². The third kappa shape index (κ3) is 5.35. The fraction of sp³-hybridized carbons (Fsp3) is 0.864. The number of rotatable bonds is 7. The number of carboxylic acids is 1. The molecule has 6 aliphatic carbocycles. The summed E-state index contributed by atoms with van der Waals surface area (Å²) in [6.45, 7) is 18.6. The Kier molecular flexibility index (Phi) is 9.33. The van der Waals surface area contributed by atoms with Gasteiger partial charge < -0.3 is 15.2 Å². The molecular formula is C44H68FNO4. The number of hydrogen-bond acceptors (Lipinski definition) is 3. The van der Waals surface area contributed by atoms with Crippen LogP contribution in [0.25, 0.3) is 0 Å². The summed E-state index contributed by atoms with van der Waals surface area (Å²) in [7, 11) is 0. The Balaban J connectivity index is 1.16. The average molecular weight is 694 g/mol. The Morgan fingerprint density at radius 1 is 0.880 bits per heavy atom. The lowest BCUT2D eigenvalue weighted by atomic mass is 9.32. The van der Waals surface area contributed by atoms with Crippen molar-refractivity contribution in [3.05, 3.63) is 23.3 Å². The quantitative estimate of drug-likeness (QED) is 0.278. The summed E-state index contributed by atoms with van der Waals surface area (Å²) in [5.41, 5.74) is 2.06. The molecule has 10 atom stereocenters. The van der Waals surface area contributed by atoms with E-state index in [-0.39, 0.29) is 27.2 Å². The molecule has 5 fully saturated rings. The maximum Gasteiger partial charge on any atom is 0.312 e. The molecule has 0 unspecified atom stereocenters. The molecule has 7 aliphatic rings. The van der Waals surface area contributed by atoms with Crippen LogP contribution in [0, 0.1) is 68.5 Å². The smallest absolute Gasteiger partial charge is 0.312 e. The number of fused-ring (bicyclic) bond motifs is 7. The van der Waals surface area contributed by atoms with Crippen molar-refractivity contribution in [3.8, 4) is 0 Å². The highest BCUT2D eigenvalue weighted by Crippen LogP contribution is 2.76. The van der Waals surface area contributed by atoms with Crippen molar-refractivity contribution in [2.75, 3.05) is 19.9 Å². The minimum atomic E-state index is -1.25. The highest BCUT2D eigenvalue weighted by Gasteiger charge is 2.70. The van der Waals surface area contributed by atoms with Gasteiger partial charge in [0.15, 0.2) is 0 Å². The van der Waals surface area contributed by atoms with Gasteiger partial charge in [-0.15, -0.1) is 0 Å². The third-order valence-corrected chi connectivity index (χ3v) is 17.8. The molecule has 0 aromatic rings. The second-order valence-electron chi connectivity index (χ2n) is 20.3. The molecule has 0 bridgehead atoms. The lowest BCUT2D eigenvalue weighted by Gasteiger charge is -2.72. The first-order valence-electron chi connectivity index (χ1n) is 20.7. The maximum absolute atomic E-state index is 14.0. The molecule has 2 N–H and O–H groups in total. The number of aliphatic carboxylic acids is 1. The van der Waals surface area contributed by atoms with Gasteiger partial charge in [0.05, 0.1) is 5.41 Å². The Hall–Kier alpha value is -1.69. The van der Waals surface area contributed by atoms with Gasteiger partial charge in [0.1, 0.15) is 6.67 Å². The van der Waals surface area contributed by atoms with Crippen LogP contribution in [0.15, 0.2) is 23.3 Å². The molecule has 0 spiro atoms. The van der Waals surface area contributed by atoms with E-state index in [1.807, 2.05) is 0 Å². The minimum absolute atomic E-state index is 0.0124.